The number of hydrogen-bond acceptors (Lipinski definition) is 5. The van der Waals surface area contributed by atoms with Crippen LogP contribution in [0.2, 0.25) is 0 Å². The molecule has 5 nitrogen and oxygen atoms in total. The van der Waals surface area contributed by atoms with E-state index in [-0.39, 0.29) is 18.6 Å². The molecule has 2 aromatic carbocycles. The molecule has 1 atom stereocenters. The average molecular weight is 397 g/mol. The number of fused-ring (bicyclic) bond motifs is 1. The minimum Gasteiger partial charge on any atom is -0.484 e. The fourth-order valence-corrected chi connectivity index (χ4v) is 4.54. The van der Waals surface area contributed by atoms with E-state index in [1.54, 1.807) is 16.2 Å². The molecule has 1 aliphatic rings. The standard InChI is InChI=1S/C22H24N2O3S/c1-15-11-16(2)21-19(12-15)23-22(28-21)24(13-18-9-6-10-26-18)20(25)14-27-17-7-4-3-5-8-17/h3-5,7-8,11-12,18H,6,9-10,13-14H2,1-2H3. The first kappa shape index (κ1) is 18.9. The van der Waals surface area contributed by atoms with Crippen LogP contribution in [0.4, 0.5) is 5.13 Å². The number of thiazole rings is 1. The van der Waals surface area contributed by atoms with Gasteiger partial charge in [-0.15, -0.1) is 0 Å². The highest BCUT2D eigenvalue weighted by molar-refractivity contribution is 7.22. The third kappa shape index (κ3) is 4.18. The van der Waals surface area contributed by atoms with Crippen molar-refractivity contribution in [2.45, 2.75) is 32.8 Å². The summed E-state index contributed by atoms with van der Waals surface area (Å²) in [5, 5.41) is 0.709. The second kappa shape index (κ2) is 8.29. The minimum atomic E-state index is -0.104. The van der Waals surface area contributed by atoms with Crippen molar-refractivity contribution in [2.24, 2.45) is 0 Å². The summed E-state index contributed by atoms with van der Waals surface area (Å²) < 4.78 is 12.6. The lowest BCUT2D eigenvalue weighted by atomic mass is 10.1. The highest BCUT2D eigenvalue weighted by atomic mass is 32.1. The van der Waals surface area contributed by atoms with E-state index in [0.29, 0.717) is 17.4 Å². The van der Waals surface area contributed by atoms with Crippen LogP contribution in [0.1, 0.15) is 24.0 Å². The zero-order valence-electron chi connectivity index (χ0n) is 16.2. The van der Waals surface area contributed by atoms with Crippen molar-refractivity contribution >= 4 is 32.6 Å². The maximum atomic E-state index is 13.0. The SMILES string of the molecule is Cc1cc(C)c2sc(N(CC3CCCO3)C(=O)COc3ccccc3)nc2c1. The molecule has 1 aliphatic heterocycles. The Kier molecular flexibility index (Phi) is 5.59. The van der Waals surface area contributed by atoms with E-state index >= 15 is 0 Å². The van der Waals surface area contributed by atoms with E-state index in [1.807, 2.05) is 30.3 Å². The van der Waals surface area contributed by atoms with Crippen LogP contribution >= 0.6 is 11.3 Å². The molecule has 28 heavy (non-hydrogen) atoms. The summed E-state index contributed by atoms with van der Waals surface area (Å²) in [7, 11) is 0. The Morgan fingerprint density at radius 3 is 2.86 bits per heavy atom. The number of aromatic nitrogens is 1. The van der Waals surface area contributed by atoms with E-state index in [9.17, 15) is 4.79 Å². The van der Waals surface area contributed by atoms with E-state index in [0.717, 1.165) is 29.7 Å². The molecule has 4 rings (SSSR count). The van der Waals surface area contributed by atoms with Gasteiger partial charge in [0.15, 0.2) is 11.7 Å². The van der Waals surface area contributed by atoms with Crippen LogP contribution < -0.4 is 9.64 Å². The highest BCUT2D eigenvalue weighted by Gasteiger charge is 2.26. The predicted molar refractivity (Wildman–Crippen MR) is 112 cm³/mol. The third-order valence-electron chi connectivity index (χ3n) is 4.86. The summed E-state index contributed by atoms with van der Waals surface area (Å²) in [5.41, 5.74) is 3.29. The lowest BCUT2D eigenvalue weighted by molar-refractivity contribution is -0.120. The summed E-state index contributed by atoms with van der Waals surface area (Å²) >= 11 is 1.56. The number of para-hydroxylation sites is 1. The molecular weight excluding hydrogens is 372 g/mol. The molecule has 146 valence electrons. The number of carbonyl (C=O) groups is 1. The first-order chi connectivity index (χ1) is 13.6. The first-order valence-electron chi connectivity index (χ1n) is 9.58. The fraction of sp³-hybridized carbons (Fsp3) is 0.364. The third-order valence-corrected chi connectivity index (χ3v) is 6.09. The van der Waals surface area contributed by atoms with Crippen LogP contribution in [0.5, 0.6) is 5.75 Å². The number of carbonyl (C=O) groups excluding carboxylic acids is 1. The number of ether oxygens (including phenoxy) is 2. The van der Waals surface area contributed by atoms with Crippen molar-refractivity contribution in [3.63, 3.8) is 0 Å². The maximum Gasteiger partial charge on any atom is 0.266 e. The second-order valence-corrected chi connectivity index (χ2v) is 8.15. The van der Waals surface area contributed by atoms with E-state index in [2.05, 4.69) is 26.0 Å². The Morgan fingerprint density at radius 1 is 1.29 bits per heavy atom. The topological polar surface area (TPSA) is 51.7 Å². The lowest BCUT2D eigenvalue weighted by Gasteiger charge is -2.23. The summed E-state index contributed by atoms with van der Waals surface area (Å²) in [5.74, 6) is 0.580. The van der Waals surface area contributed by atoms with Gasteiger partial charge in [-0.2, -0.15) is 0 Å². The van der Waals surface area contributed by atoms with Crippen LogP contribution in [0.3, 0.4) is 0 Å². The van der Waals surface area contributed by atoms with Gasteiger partial charge in [-0.1, -0.05) is 35.6 Å². The molecule has 0 radical (unpaired) electrons. The van der Waals surface area contributed by atoms with Crippen molar-refractivity contribution in [1.29, 1.82) is 0 Å². The van der Waals surface area contributed by atoms with Gasteiger partial charge in [0.05, 0.1) is 22.9 Å². The molecule has 3 aromatic rings. The molecule has 0 bridgehead atoms. The zero-order chi connectivity index (χ0) is 19.5. The molecule has 2 heterocycles. The number of anilines is 1. The Labute approximate surface area is 168 Å². The van der Waals surface area contributed by atoms with E-state index < -0.39 is 0 Å². The van der Waals surface area contributed by atoms with E-state index in [1.165, 1.54) is 11.1 Å². The molecule has 1 saturated heterocycles. The van der Waals surface area contributed by atoms with Crippen LogP contribution in [0.15, 0.2) is 42.5 Å². The van der Waals surface area contributed by atoms with Crippen molar-refractivity contribution in [1.82, 2.24) is 4.98 Å². The van der Waals surface area contributed by atoms with Gasteiger partial charge >= 0.3 is 0 Å². The normalized spacial score (nSPS) is 16.4. The maximum absolute atomic E-state index is 13.0. The quantitative estimate of drug-likeness (QED) is 0.615. The molecule has 0 spiro atoms. The largest absolute Gasteiger partial charge is 0.484 e. The molecule has 6 heteroatoms. The molecule has 0 aliphatic carbocycles. The molecular formula is C22H24N2O3S. The van der Waals surface area contributed by atoms with E-state index in [4.69, 9.17) is 14.5 Å². The molecule has 0 N–H and O–H groups in total. The van der Waals surface area contributed by atoms with Gasteiger partial charge in [-0.05, 0) is 56.0 Å². The molecule has 0 saturated carbocycles. The second-order valence-electron chi connectivity index (χ2n) is 7.17. The van der Waals surface area contributed by atoms with Gasteiger partial charge < -0.3 is 9.47 Å². The fourth-order valence-electron chi connectivity index (χ4n) is 3.50. The van der Waals surface area contributed by atoms with Crippen molar-refractivity contribution in [3.8, 4) is 5.75 Å². The van der Waals surface area contributed by atoms with Gasteiger partial charge in [0.1, 0.15) is 5.75 Å². The summed E-state index contributed by atoms with van der Waals surface area (Å²) in [4.78, 5) is 19.5. The number of amides is 1. The van der Waals surface area contributed by atoms with Gasteiger partial charge in [-0.3, -0.25) is 9.69 Å². The smallest absolute Gasteiger partial charge is 0.266 e. The van der Waals surface area contributed by atoms with Crippen LogP contribution in [0.25, 0.3) is 10.2 Å². The summed E-state index contributed by atoms with van der Waals surface area (Å²) in [6.45, 7) is 5.39. The predicted octanol–water partition coefficient (Wildman–Crippen LogP) is 4.50. The minimum absolute atomic E-state index is 0.0231. The molecule has 1 amide bonds. The van der Waals surface area contributed by atoms with Crippen molar-refractivity contribution < 1.29 is 14.3 Å². The van der Waals surface area contributed by atoms with Crippen LogP contribution in [0, 0.1) is 13.8 Å². The molecule has 1 unspecified atom stereocenters. The van der Waals surface area contributed by atoms with Gasteiger partial charge in [0.25, 0.3) is 5.91 Å². The number of hydrogen-bond donors (Lipinski definition) is 0. The molecule has 1 aromatic heterocycles. The number of nitrogens with zero attached hydrogens (tertiary/aromatic N) is 2. The van der Waals surface area contributed by atoms with Crippen LogP contribution in [-0.4, -0.2) is 36.8 Å². The highest BCUT2D eigenvalue weighted by Crippen LogP contribution is 2.33. The monoisotopic (exact) mass is 396 g/mol. The van der Waals surface area contributed by atoms with Crippen molar-refractivity contribution in [3.05, 3.63) is 53.6 Å². The number of rotatable bonds is 6. The average Bonchev–Trinajstić information content (AvgIpc) is 3.34. The Morgan fingerprint density at radius 2 is 2.11 bits per heavy atom. The van der Waals surface area contributed by atoms with Gasteiger partial charge in [0.2, 0.25) is 0 Å². The van der Waals surface area contributed by atoms with Crippen LogP contribution in [-0.2, 0) is 9.53 Å². The Bertz CT molecular complexity index is 965. The molecule has 1 fully saturated rings. The lowest BCUT2D eigenvalue weighted by Crippen LogP contribution is -2.40. The Balaban J connectivity index is 1.59. The van der Waals surface area contributed by atoms with Crippen molar-refractivity contribution in [2.75, 3.05) is 24.7 Å². The first-order valence-corrected chi connectivity index (χ1v) is 10.4. The number of benzene rings is 2. The van der Waals surface area contributed by atoms with Gasteiger partial charge in [0, 0.05) is 6.61 Å². The zero-order valence-corrected chi connectivity index (χ0v) is 17.0. The summed E-state index contributed by atoms with van der Waals surface area (Å²) in [6, 6.07) is 13.6. The van der Waals surface area contributed by atoms with Gasteiger partial charge in [-0.25, -0.2) is 4.98 Å². The Hall–Kier alpha value is -2.44. The number of aryl methyl sites for hydroxylation is 2. The summed E-state index contributed by atoms with van der Waals surface area (Å²) in [6.07, 6.45) is 2.05.